The van der Waals surface area contributed by atoms with Crippen LogP contribution >= 0.6 is 0 Å². The molecule has 6 rings (SSSR count). The van der Waals surface area contributed by atoms with E-state index in [0.717, 1.165) is 70.2 Å². The van der Waals surface area contributed by atoms with Crippen molar-refractivity contribution in [1.29, 1.82) is 0 Å². The van der Waals surface area contributed by atoms with E-state index in [1.54, 1.807) is 10.8 Å². The Kier molecular flexibility index (Phi) is 3.76. The largest absolute Gasteiger partial charge is 0.329 e. The summed E-state index contributed by atoms with van der Waals surface area (Å²) in [4.78, 5) is 22.8. The molecule has 0 radical (unpaired) electrons. The van der Waals surface area contributed by atoms with E-state index >= 15 is 0 Å². The van der Waals surface area contributed by atoms with Crippen molar-refractivity contribution in [1.82, 2.24) is 34.6 Å². The Morgan fingerprint density at radius 1 is 1.10 bits per heavy atom. The Bertz CT molecular complexity index is 1470. The molecule has 0 amide bonds. The van der Waals surface area contributed by atoms with Gasteiger partial charge in [0, 0.05) is 24.0 Å². The molecule has 1 aliphatic heterocycles. The molecule has 1 saturated heterocycles. The number of hydrogen-bond acceptors (Lipinski definition) is 5. The third kappa shape index (κ3) is 2.43. The van der Waals surface area contributed by atoms with E-state index in [0.29, 0.717) is 0 Å². The standard InChI is InChI=1S/C22H21N7O/c1-28-19-12-24-18-6-5-16(14-3-2-4-17-15(14)11-25-27-17)26-20(18)21(19)29(22(28)30)13-7-9-23-10-8-13/h2-6,11-13,23H,7-10H2,1H3,(H,25,27). The fraction of sp³-hybridized carbons (Fsp3) is 0.273. The quantitative estimate of drug-likeness (QED) is 0.476. The van der Waals surface area contributed by atoms with E-state index in [-0.39, 0.29) is 11.7 Å². The van der Waals surface area contributed by atoms with Crippen LogP contribution in [0.5, 0.6) is 0 Å². The molecule has 0 saturated carbocycles. The number of rotatable bonds is 2. The molecule has 8 nitrogen and oxygen atoms in total. The lowest BCUT2D eigenvalue weighted by atomic mass is 10.1. The molecular weight excluding hydrogens is 378 g/mol. The summed E-state index contributed by atoms with van der Waals surface area (Å²) in [6, 6.07) is 10.2. The minimum Gasteiger partial charge on any atom is -0.317 e. The molecule has 0 spiro atoms. The van der Waals surface area contributed by atoms with E-state index in [4.69, 9.17) is 4.98 Å². The number of fused-ring (bicyclic) bond motifs is 4. The molecule has 5 heterocycles. The van der Waals surface area contributed by atoms with Gasteiger partial charge in [0.2, 0.25) is 0 Å². The first kappa shape index (κ1) is 17.3. The summed E-state index contributed by atoms with van der Waals surface area (Å²) < 4.78 is 3.63. The molecule has 150 valence electrons. The van der Waals surface area contributed by atoms with Gasteiger partial charge >= 0.3 is 5.69 Å². The number of hydrogen-bond donors (Lipinski definition) is 2. The fourth-order valence-corrected chi connectivity index (χ4v) is 4.63. The van der Waals surface area contributed by atoms with Crippen LogP contribution in [0.3, 0.4) is 0 Å². The van der Waals surface area contributed by atoms with Crippen LogP contribution in [0.15, 0.2) is 47.5 Å². The number of pyridine rings is 2. The van der Waals surface area contributed by atoms with Crippen molar-refractivity contribution in [3.05, 3.63) is 53.2 Å². The van der Waals surface area contributed by atoms with Gasteiger partial charge in [0.1, 0.15) is 5.52 Å². The summed E-state index contributed by atoms with van der Waals surface area (Å²) in [6.45, 7) is 1.83. The molecule has 1 aliphatic rings. The van der Waals surface area contributed by atoms with E-state index in [9.17, 15) is 4.79 Å². The molecular formula is C22H21N7O. The smallest absolute Gasteiger partial charge is 0.317 e. The lowest BCUT2D eigenvalue weighted by Crippen LogP contribution is -2.34. The first-order chi connectivity index (χ1) is 14.7. The summed E-state index contributed by atoms with van der Waals surface area (Å²) in [5, 5.41) is 11.6. The van der Waals surface area contributed by atoms with Gasteiger partial charge in [-0.15, -0.1) is 0 Å². The average molecular weight is 399 g/mol. The van der Waals surface area contributed by atoms with Gasteiger partial charge in [-0.05, 0) is 44.1 Å². The van der Waals surface area contributed by atoms with Gasteiger partial charge in [0.25, 0.3) is 0 Å². The molecule has 4 aromatic heterocycles. The highest BCUT2D eigenvalue weighted by atomic mass is 16.1. The number of benzene rings is 1. The van der Waals surface area contributed by atoms with Gasteiger partial charge in [0.05, 0.1) is 40.2 Å². The summed E-state index contributed by atoms with van der Waals surface area (Å²) in [6.07, 6.45) is 5.46. The molecule has 1 fully saturated rings. The Morgan fingerprint density at radius 2 is 1.97 bits per heavy atom. The van der Waals surface area contributed by atoms with Gasteiger partial charge in [-0.3, -0.25) is 19.2 Å². The lowest BCUT2D eigenvalue weighted by Gasteiger charge is -2.24. The molecule has 1 aromatic carbocycles. The van der Waals surface area contributed by atoms with Crippen molar-refractivity contribution in [2.24, 2.45) is 7.05 Å². The molecule has 0 unspecified atom stereocenters. The zero-order chi connectivity index (χ0) is 20.2. The lowest BCUT2D eigenvalue weighted by molar-refractivity contribution is 0.366. The van der Waals surface area contributed by atoms with Crippen LogP contribution in [-0.2, 0) is 7.05 Å². The fourth-order valence-electron chi connectivity index (χ4n) is 4.63. The maximum Gasteiger partial charge on any atom is 0.329 e. The van der Waals surface area contributed by atoms with Crippen molar-refractivity contribution < 1.29 is 0 Å². The van der Waals surface area contributed by atoms with Crippen LogP contribution in [0.1, 0.15) is 18.9 Å². The maximum atomic E-state index is 13.2. The first-order valence-corrected chi connectivity index (χ1v) is 10.2. The Morgan fingerprint density at radius 3 is 2.83 bits per heavy atom. The molecule has 0 aliphatic carbocycles. The van der Waals surface area contributed by atoms with E-state index in [1.165, 1.54) is 0 Å². The van der Waals surface area contributed by atoms with Crippen molar-refractivity contribution in [2.45, 2.75) is 18.9 Å². The number of H-pyrrole nitrogens is 1. The number of nitrogens with one attached hydrogen (secondary N) is 2. The summed E-state index contributed by atoms with van der Waals surface area (Å²) in [7, 11) is 1.81. The Hall–Kier alpha value is -3.52. The molecule has 5 aromatic rings. The summed E-state index contributed by atoms with van der Waals surface area (Å²) in [5.74, 6) is 0. The van der Waals surface area contributed by atoms with Crippen LogP contribution in [0.25, 0.3) is 44.2 Å². The Balaban J connectivity index is 1.66. The monoisotopic (exact) mass is 399 g/mol. The summed E-state index contributed by atoms with van der Waals surface area (Å²) in [5.41, 5.74) is 6.06. The van der Waals surface area contributed by atoms with E-state index < -0.39 is 0 Å². The van der Waals surface area contributed by atoms with Crippen LogP contribution in [0, 0.1) is 0 Å². The van der Waals surface area contributed by atoms with Crippen molar-refractivity contribution in [3.63, 3.8) is 0 Å². The van der Waals surface area contributed by atoms with E-state index in [1.807, 2.05) is 48.1 Å². The SMILES string of the molecule is Cn1c(=O)n(C2CCNCC2)c2c3nc(-c4cccc5[nH]ncc45)ccc3ncc21. The second-order valence-electron chi connectivity index (χ2n) is 7.89. The van der Waals surface area contributed by atoms with Gasteiger partial charge in [-0.1, -0.05) is 12.1 Å². The molecule has 30 heavy (non-hydrogen) atoms. The van der Waals surface area contributed by atoms with Crippen LogP contribution < -0.4 is 11.0 Å². The zero-order valence-electron chi connectivity index (χ0n) is 16.6. The predicted octanol–water partition coefficient (Wildman–Crippen LogP) is 2.75. The number of piperidine rings is 1. The number of nitrogens with zero attached hydrogens (tertiary/aromatic N) is 5. The second-order valence-corrected chi connectivity index (χ2v) is 7.89. The summed E-state index contributed by atoms with van der Waals surface area (Å²) >= 11 is 0. The van der Waals surface area contributed by atoms with Crippen LogP contribution in [-0.4, -0.2) is 42.4 Å². The highest BCUT2D eigenvalue weighted by molar-refractivity contribution is 6.02. The van der Waals surface area contributed by atoms with Gasteiger partial charge in [-0.25, -0.2) is 9.78 Å². The predicted molar refractivity (Wildman–Crippen MR) is 117 cm³/mol. The van der Waals surface area contributed by atoms with E-state index in [2.05, 4.69) is 20.5 Å². The highest BCUT2D eigenvalue weighted by Crippen LogP contribution is 2.31. The molecule has 0 bridgehead atoms. The van der Waals surface area contributed by atoms with Crippen molar-refractivity contribution in [2.75, 3.05) is 13.1 Å². The van der Waals surface area contributed by atoms with Crippen molar-refractivity contribution in [3.8, 4) is 11.3 Å². The first-order valence-electron chi connectivity index (χ1n) is 10.2. The third-order valence-electron chi connectivity index (χ3n) is 6.20. The Labute approximate surface area is 171 Å². The van der Waals surface area contributed by atoms with Gasteiger partial charge in [0.15, 0.2) is 0 Å². The zero-order valence-corrected chi connectivity index (χ0v) is 16.6. The minimum atomic E-state index is -0.00432. The molecule has 2 N–H and O–H groups in total. The number of aromatic amines is 1. The second kappa shape index (κ2) is 6.50. The number of aryl methyl sites for hydroxylation is 1. The third-order valence-corrected chi connectivity index (χ3v) is 6.20. The van der Waals surface area contributed by atoms with Gasteiger partial charge < -0.3 is 5.32 Å². The maximum absolute atomic E-state index is 13.2. The number of aromatic nitrogens is 6. The minimum absolute atomic E-state index is 0.00432. The van der Waals surface area contributed by atoms with Crippen LogP contribution in [0.2, 0.25) is 0 Å². The van der Waals surface area contributed by atoms with Crippen LogP contribution in [0.4, 0.5) is 0 Å². The van der Waals surface area contributed by atoms with Crippen molar-refractivity contribution >= 4 is 33.0 Å². The highest BCUT2D eigenvalue weighted by Gasteiger charge is 2.24. The average Bonchev–Trinajstić information content (AvgIpc) is 3.37. The molecule has 8 heteroatoms. The number of imidazole rings is 1. The molecule has 0 atom stereocenters. The normalized spacial score (nSPS) is 15.5. The topological polar surface area (TPSA) is 93.4 Å². The van der Waals surface area contributed by atoms with Gasteiger partial charge in [-0.2, -0.15) is 5.10 Å².